The van der Waals surface area contributed by atoms with E-state index in [-0.39, 0.29) is 6.04 Å². The number of benzene rings is 1. The summed E-state index contributed by atoms with van der Waals surface area (Å²) in [6.07, 6.45) is 2.61. The Morgan fingerprint density at radius 2 is 2.22 bits per heavy atom. The number of aromatic nitrogens is 3. The maximum absolute atomic E-state index is 5.46. The Labute approximate surface area is 106 Å². The first-order valence-electron chi connectivity index (χ1n) is 6.24. The van der Waals surface area contributed by atoms with Crippen molar-refractivity contribution >= 4 is 5.95 Å². The summed E-state index contributed by atoms with van der Waals surface area (Å²) in [5.41, 5.74) is 1.24. The smallest absolute Gasteiger partial charge is 0.221 e. The van der Waals surface area contributed by atoms with Gasteiger partial charge in [0.15, 0.2) is 0 Å². The molecule has 1 aliphatic heterocycles. The highest BCUT2D eigenvalue weighted by molar-refractivity contribution is 5.34. The lowest BCUT2D eigenvalue weighted by Gasteiger charge is -2.24. The van der Waals surface area contributed by atoms with Crippen LogP contribution in [0.4, 0.5) is 5.95 Å². The van der Waals surface area contributed by atoms with Crippen molar-refractivity contribution in [1.29, 1.82) is 0 Å². The first-order valence-corrected chi connectivity index (χ1v) is 6.24. The van der Waals surface area contributed by atoms with Crippen LogP contribution in [-0.2, 0) is 0 Å². The lowest BCUT2D eigenvalue weighted by atomic mass is 10.0. The number of fused-ring (bicyclic) bond motifs is 1. The van der Waals surface area contributed by atoms with E-state index in [2.05, 4.69) is 27.5 Å². The summed E-state index contributed by atoms with van der Waals surface area (Å²) in [5.74, 6) is 1.76. The van der Waals surface area contributed by atoms with Crippen molar-refractivity contribution in [2.75, 3.05) is 18.5 Å². The minimum absolute atomic E-state index is 0.263. The summed E-state index contributed by atoms with van der Waals surface area (Å²) < 4.78 is 7.40. The fourth-order valence-corrected chi connectivity index (χ4v) is 2.31. The van der Waals surface area contributed by atoms with E-state index >= 15 is 0 Å². The number of hydrogen-bond acceptors (Lipinski definition) is 4. The van der Waals surface area contributed by atoms with Gasteiger partial charge in [-0.25, -0.2) is 4.68 Å². The van der Waals surface area contributed by atoms with E-state index in [1.807, 2.05) is 23.7 Å². The lowest BCUT2D eigenvalue weighted by Crippen LogP contribution is -2.24. The molecule has 1 unspecified atom stereocenters. The molecule has 5 heteroatoms. The Hall–Kier alpha value is -2.04. The van der Waals surface area contributed by atoms with Gasteiger partial charge in [-0.05, 0) is 31.0 Å². The van der Waals surface area contributed by atoms with Gasteiger partial charge in [0.2, 0.25) is 5.95 Å². The Balaban J connectivity index is 1.88. The molecule has 0 spiro atoms. The predicted octanol–water partition coefficient (Wildman–Crippen LogP) is 2.08. The highest BCUT2D eigenvalue weighted by atomic mass is 16.5. The van der Waals surface area contributed by atoms with Gasteiger partial charge in [-0.2, -0.15) is 10.1 Å². The van der Waals surface area contributed by atoms with E-state index < -0.39 is 0 Å². The number of rotatable bonds is 3. The van der Waals surface area contributed by atoms with Crippen LogP contribution in [-0.4, -0.2) is 27.9 Å². The number of hydrogen-bond donors (Lipinski definition) is 1. The van der Waals surface area contributed by atoms with Gasteiger partial charge in [0.25, 0.3) is 0 Å². The quantitative estimate of drug-likeness (QED) is 0.898. The van der Waals surface area contributed by atoms with Crippen molar-refractivity contribution < 1.29 is 4.74 Å². The van der Waals surface area contributed by atoms with E-state index in [4.69, 9.17) is 4.74 Å². The molecule has 0 aliphatic carbocycles. The Bertz CT molecular complexity index is 520. The summed E-state index contributed by atoms with van der Waals surface area (Å²) in [5, 5.41) is 7.52. The average molecular weight is 244 g/mol. The van der Waals surface area contributed by atoms with Crippen LogP contribution in [0.5, 0.6) is 5.75 Å². The highest BCUT2D eigenvalue weighted by Crippen LogP contribution is 2.28. The van der Waals surface area contributed by atoms with E-state index in [0.717, 1.165) is 24.7 Å². The fourth-order valence-electron chi connectivity index (χ4n) is 2.31. The third-order valence-corrected chi connectivity index (χ3v) is 3.15. The van der Waals surface area contributed by atoms with Gasteiger partial charge in [-0.3, -0.25) is 0 Å². The molecule has 0 fully saturated rings. The SMILES string of the molecule is CCOc1ccc(C2CCNc3ncnn32)cc1. The first-order chi connectivity index (χ1) is 8.88. The van der Waals surface area contributed by atoms with Crippen molar-refractivity contribution in [3.8, 4) is 5.75 Å². The van der Waals surface area contributed by atoms with Crippen molar-refractivity contribution in [1.82, 2.24) is 14.8 Å². The van der Waals surface area contributed by atoms with Gasteiger partial charge in [0.1, 0.15) is 12.1 Å². The van der Waals surface area contributed by atoms with Crippen LogP contribution < -0.4 is 10.1 Å². The van der Waals surface area contributed by atoms with Crippen LogP contribution in [0.3, 0.4) is 0 Å². The summed E-state index contributed by atoms with van der Waals surface area (Å²) in [7, 11) is 0. The van der Waals surface area contributed by atoms with E-state index in [9.17, 15) is 0 Å². The minimum Gasteiger partial charge on any atom is -0.494 e. The van der Waals surface area contributed by atoms with Gasteiger partial charge < -0.3 is 10.1 Å². The van der Waals surface area contributed by atoms with Gasteiger partial charge in [-0.15, -0.1) is 0 Å². The van der Waals surface area contributed by atoms with Crippen molar-refractivity contribution in [3.05, 3.63) is 36.2 Å². The molecule has 2 heterocycles. The Morgan fingerprint density at radius 1 is 1.39 bits per heavy atom. The van der Waals surface area contributed by atoms with Gasteiger partial charge in [0.05, 0.1) is 12.6 Å². The molecule has 0 saturated carbocycles. The molecule has 94 valence electrons. The minimum atomic E-state index is 0.263. The second-order valence-corrected chi connectivity index (χ2v) is 4.26. The molecular formula is C13H16N4O. The molecule has 1 N–H and O–H groups in total. The van der Waals surface area contributed by atoms with Gasteiger partial charge in [0, 0.05) is 6.54 Å². The zero-order chi connectivity index (χ0) is 12.4. The molecule has 1 aliphatic rings. The number of nitrogens with one attached hydrogen (secondary N) is 1. The number of ether oxygens (including phenoxy) is 1. The summed E-state index contributed by atoms with van der Waals surface area (Å²) >= 11 is 0. The largest absolute Gasteiger partial charge is 0.494 e. The zero-order valence-corrected chi connectivity index (χ0v) is 10.3. The fraction of sp³-hybridized carbons (Fsp3) is 0.385. The predicted molar refractivity (Wildman–Crippen MR) is 68.9 cm³/mol. The molecule has 18 heavy (non-hydrogen) atoms. The molecule has 1 atom stereocenters. The second kappa shape index (κ2) is 4.68. The van der Waals surface area contributed by atoms with Crippen LogP contribution >= 0.6 is 0 Å². The number of nitrogens with zero attached hydrogens (tertiary/aromatic N) is 3. The van der Waals surface area contributed by atoms with Crippen LogP contribution in [0.25, 0.3) is 0 Å². The molecule has 1 aromatic heterocycles. The first kappa shape index (κ1) is 11.1. The molecule has 3 rings (SSSR count). The maximum Gasteiger partial charge on any atom is 0.221 e. The van der Waals surface area contributed by atoms with Crippen LogP contribution in [0.15, 0.2) is 30.6 Å². The van der Waals surface area contributed by atoms with Crippen LogP contribution in [0.2, 0.25) is 0 Å². The topological polar surface area (TPSA) is 52.0 Å². The molecule has 0 saturated heterocycles. The van der Waals surface area contributed by atoms with Gasteiger partial charge >= 0.3 is 0 Å². The molecule has 0 amide bonds. The summed E-state index contributed by atoms with van der Waals surface area (Å²) in [6, 6.07) is 8.49. The molecule has 0 radical (unpaired) electrons. The third kappa shape index (κ3) is 1.92. The van der Waals surface area contributed by atoms with E-state index in [1.165, 1.54) is 5.56 Å². The van der Waals surface area contributed by atoms with Crippen molar-refractivity contribution in [2.24, 2.45) is 0 Å². The number of anilines is 1. The standard InChI is InChI=1S/C13H16N4O/c1-2-18-11-5-3-10(4-6-11)12-7-8-14-13-15-9-16-17(12)13/h3-6,9,12H,2,7-8H2,1H3,(H,14,15,16). The van der Waals surface area contributed by atoms with Crippen LogP contribution in [0.1, 0.15) is 24.9 Å². The lowest BCUT2D eigenvalue weighted by molar-refractivity contribution is 0.340. The average Bonchev–Trinajstić information content (AvgIpc) is 2.88. The van der Waals surface area contributed by atoms with E-state index in [1.54, 1.807) is 6.33 Å². The summed E-state index contributed by atoms with van der Waals surface area (Å²) in [4.78, 5) is 4.20. The third-order valence-electron chi connectivity index (χ3n) is 3.15. The van der Waals surface area contributed by atoms with Gasteiger partial charge in [-0.1, -0.05) is 12.1 Å². The molecule has 5 nitrogen and oxygen atoms in total. The Morgan fingerprint density at radius 3 is 3.00 bits per heavy atom. The normalized spacial score (nSPS) is 17.9. The monoisotopic (exact) mass is 244 g/mol. The van der Waals surface area contributed by atoms with Crippen molar-refractivity contribution in [3.63, 3.8) is 0 Å². The maximum atomic E-state index is 5.46. The summed E-state index contributed by atoms with van der Waals surface area (Å²) in [6.45, 7) is 3.61. The van der Waals surface area contributed by atoms with Crippen molar-refractivity contribution in [2.45, 2.75) is 19.4 Å². The molecule has 0 bridgehead atoms. The second-order valence-electron chi connectivity index (χ2n) is 4.26. The van der Waals surface area contributed by atoms with E-state index in [0.29, 0.717) is 6.61 Å². The zero-order valence-electron chi connectivity index (χ0n) is 10.3. The molecular weight excluding hydrogens is 228 g/mol. The Kier molecular flexibility index (Phi) is 2.88. The van der Waals surface area contributed by atoms with Crippen LogP contribution in [0, 0.1) is 0 Å². The highest BCUT2D eigenvalue weighted by Gasteiger charge is 2.22. The molecule has 1 aromatic carbocycles. The molecule has 2 aromatic rings.